The van der Waals surface area contributed by atoms with Crippen LogP contribution in [0.5, 0.6) is 0 Å². The molecule has 0 spiro atoms. The number of alkyl halides is 2. The lowest BCUT2D eigenvalue weighted by atomic mass is 9.99. The van der Waals surface area contributed by atoms with E-state index in [1.807, 2.05) is 10.8 Å². The Morgan fingerprint density at radius 3 is 2.82 bits per heavy atom. The third kappa shape index (κ3) is 2.55. The SMILES string of the molecule is O=S(=O)(Nc1cccc2c1CCNC2)C(F)F. The van der Waals surface area contributed by atoms with E-state index in [2.05, 4.69) is 5.32 Å². The van der Waals surface area contributed by atoms with Crippen molar-refractivity contribution in [2.45, 2.75) is 18.7 Å². The average molecular weight is 262 g/mol. The maximum atomic E-state index is 12.3. The molecule has 0 fully saturated rings. The molecule has 0 radical (unpaired) electrons. The summed E-state index contributed by atoms with van der Waals surface area (Å²) >= 11 is 0. The van der Waals surface area contributed by atoms with Crippen LogP contribution in [0.25, 0.3) is 0 Å². The Labute approximate surface area is 98.1 Å². The zero-order valence-electron chi connectivity index (χ0n) is 8.91. The third-order valence-corrected chi connectivity index (χ3v) is 3.60. The summed E-state index contributed by atoms with van der Waals surface area (Å²) in [7, 11) is -4.59. The highest BCUT2D eigenvalue weighted by atomic mass is 32.2. The van der Waals surface area contributed by atoms with E-state index in [0.29, 0.717) is 19.5 Å². The molecule has 0 aromatic heterocycles. The summed E-state index contributed by atoms with van der Waals surface area (Å²) in [5.74, 6) is -3.42. The lowest BCUT2D eigenvalue weighted by molar-refractivity contribution is 0.236. The summed E-state index contributed by atoms with van der Waals surface area (Å²) < 4.78 is 48.7. The van der Waals surface area contributed by atoms with Gasteiger partial charge in [0.2, 0.25) is 0 Å². The van der Waals surface area contributed by atoms with Crippen molar-refractivity contribution >= 4 is 15.7 Å². The number of halogens is 2. The van der Waals surface area contributed by atoms with Gasteiger partial charge in [0.15, 0.2) is 0 Å². The van der Waals surface area contributed by atoms with Gasteiger partial charge < -0.3 is 5.32 Å². The van der Waals surface area contributed by atoms with Gasteiger partial charge in [0.05, 0.1) is 5.69 Å². The molecule has 4 nitrogen and oxygen atoms in total. The van der Waals surface area contributed by atoms with Crippen molar-refractivity contribution in [1.29, 1.82) is 0 Å². The molecule has 1 heterocycles. The Balaban J connectivity index is 2.34. The van der Waals surface area contributed by atoms with Crippen LogP contribution in [0.4, 0.5) is 14.5 Å². The molecule has 1 aromatic rings. The number of benzene rings is 1. The van der Waals surface area contributed by atoms with Gasteiger partial charge in [0.25, 0.3) is 10.0 Å². The normalized spacial score (nSPS) is 15.7. The van der Waals surface area contributed by atoms with E-state index in [9.17, 15) is 17.2 Å². The number of sulfonamides is 1. The molecule has 7 heteroatoms. The fourth-order valence-corrected chi connectivity index (χ4v) is 2.41. The molecule has 1 aliphatic rings. The second-order valence-electron chi connectivity index (χ2n) is 3.78. The van der Waals surface area contributed by atoms with E-state index >= 15 is 0 Å². The van der Waals surface area contributed by atoms with Gasteiger partial charge in [-0.05, 0) is 30.2 Å². The predicted octanol–water partition coefficient (Wildman–Crippen LogP) is 1.30. The Morgan fingerprint density at radius 1 is 1.35 bits per heavy atom. The third-order valence-electron chi connectivity index (χ3n) is 2.63. The van der Waals surface area contributed by atoms with Crippen LogP contribution in [-0.4, -0.2) is 20.7 Å². The topological polar surface area (TPSA) is 58.2 Å². The van der Waals surface area contributed by atoms with Crippen molar-refractivity contribution in [2.24, 2.45) is 0 Å². The zero-order valence-corrected chi connectivity index (χ0v) is 9.73. The molecule has 0 saturated heterocycles. The molecule has 0 aliphatic carbocycles. The summed E-state index contributed by atoms with van der Waals surface area (Å²) in [6.07, 6.45) is 0.622. The number of anilines is 1. The van der Waals surface area contributed by atoms with E-state index in [1.165, 1.54) is 6.07 Å². The first-order valence-corrected chi connectivity index (χ1v) is 6.66. The summed E-state index contributed by atoms with van der Waals surface area (Å²) in [6.45, 7) is 1.33. The van der Waals surface area contributed by atoms with Gasteiger partial charge in [-0.15, -0.1) is 0 Å². The molecule has 94 valence electrons. The molecule has 1 aromatic carbocycles. The quantitative estimate of drug-likeness (QED) is 0.863. The number of hydrogen-bond donors (Lipinski definition) is 2. The maximum Gasteiger partial charge on any atom is 0.355 e. The molecule has 0 amide bonds. The van der Waals surface area contributed by atoms with Crippen LogP contribution in [-0.2, 0) is 23.0 Å². The van der Waals surface area contributed by atoms with E-state index in [-0.39, 0.29) is 5.69 Å². The maximum absolute atomic E-state index is 12.3. The summed E-state index contributed by atoms with van der Waals surface area (Å²) in [6, 6.07) is 5.00. The van der Waals surface area contributed by atoms with E-state index < -0.39 is 15.8 Å². The molecule has 1 aliphatic heterocycles. The average Bonchev–Trinajstić information content (AvgIpc) is 2.29. The Morgan fingerprint density at radius 2 is 2.12 bits per heavy atom. The number of rotatable bonds is 3. The molecule has 0 unspecified atom stereocenters. The number of hydrogen-bond acceptors (Lipinski definition) is 3. The van der Waals surface area contributed by atoms with Crippen LogP contribution in [0.2, 0.25) is 0 Å². The van der Waals surface area contributed by atoms with Gasteiger partial charge in [-0.3, -0.25) is 4.72 Å². The highest BCUT2D eigenvalue weighted by molar-refractivity contribution is 7.93. The van der Waals surface area contributed by atoms with Crippen molar-refractivity contribution in [3.8, 4) is 0 Å². The minimum Gasteiger partial charge on any atom is -0.312 e. The van der Waals surface area contributed by atoms with Crippen LogP contribution in [0.3, 0.4) is 0 Å². The minimum atomic E-state index is -4.59. The Hall–Kier alpha value is -1.21. The Bertz CT molecular complexity index is 517. The standard InChI is InChI=1S/C10H12F2N2O2S/c11-10(12)17(15,16)14-9-3-1-2-7-6-13-5-4-8(7)9/h1-3,10,13-14H,4-6H2. The first-order chi connectivity index (χ1) is 8.00. The number of fused-ring (bicyclic) bond motifs is 1. The minimum absolute atomic E-state index is 0.254. The lowest BCUT2D eigenvalue weighted by Gasteiger charge is -2.20. The van der Waals surface area contributed by atoms with Gasteiger partial charge in [-0.25, -0.2) is 8.42 Å². The lowest BCUT2D eigenvalue weighted by Crippen LogP contribution is -2.26. The van der Waals surface area contributed by atoms with Crippen LogP contribution >= 0.6 is 0 Å². The fraction of sp³-hybridized carbons (Fsp3) is 0.400. The molecule has 0 bridgehead atoms. The van der Waals surface area contributed by atoms with Crippen LogP contribution < -0.4 is 10.0 Å². The molecule has 2 N–H and O–H groups in total. The van der Waals surface area contributed by atoms with Crippen LogP contribution in [0.15, 0.2) is 18.2 Å². The second-order valence-corrected chi connectivity index (χ2v) is 5.43. The monoisotopic (exact) mass is 262 g/mol. The van der Waals surface area contributed by atoms with Crippen molar-refractivity contribution in [3.63, 3.8) is 0 Å². The van der Waals surface area contributed by atoms with E-state index in [1.54, 1.807) is 6.07 Å². The van der Waals surface area contributed by atoms with Crippen molar-refractivity contribution in [3.05, 3.63) is 29.3 Å². The molecule has 0 saturated carbocycles. The van der Waals surface area contributed by atoms with Gasteiger partial charge in [0.1, 0.15) is 0 Å². The highest BCUT2D eigenvalue weighted by Gasteiger charge is 2.25. The van der Waals surface area contributed by atoms with Gasteiger partial charge in [-0.1, -0.05) is 12.1 Å². The Kier molecular flexibility index (Phi) is 3.30. The summed E-state index contributed by atoms with van der Waals surface area (Å²) in [5.41, 5.74) is 1.98. The summed E-state index contributed by atoms with van der Waals surface area (Å²) in [5, 5.41) is 3.13. The second kappa shape index (κ2) is 4.58. The molecule has 0 atom stereocenters. The van der Waals surface area contributed by atoms with Crippen molar-refractivity contribution in [1.82, 2.24) is 5.32 Å². The molecule has 17 heavy (non-hydrogen) atoms. The van der Waals surface area contributed by atoms with Crippen molar-refractivity contribution < 1.29 is 17.2 Å². The first-order valence-electron chi connectivity index (χ1n) is 5.12. The fourth-order valence-electron chi connectivity index (χ4n) is 1.83. The van der Waals surface area contributed by atoms with E-state index in [4.69, 9.17) is 0 Å². The molecular formula is C10H12F2N2O2S. The molecular weight excluding hydrogens is 250 g/mol. The molecule has 2 rings (SSSR count). The zero-order chi connectivity index (χ0) is 12.5. The van der Waals surface area contributed by atoms with E-state index in [0.717, 1.165) is 11.1 Å². The smallest absolute Gasteiger partial charge is 0.312 e. The first kappa shape index (κ1) is 12.3. The predicted molar refractivity (Wildman–Crippen MR) is 60.4 cm³/mol. The van der Waals surface area contributed by atoms with Crippen molar-refractivity contribution in [2.75, 3.05) is 11.3 Å². The van der Waals surface area contributed by atoms with Crippen LogP contribution in [0.1, 0.15) is 11.1 Å². The van der Waals surface area contributed by atoms with Gasteiger partial charge >= 0.3 is 5.76 Å². The largest absolute Gasteiger partial charge is 0.355 e. The highest BCUT2D eigenvalue weighted by Crippen LogP contribution is 2.24. The van der Waals surface area contributed by atoms with Gasteiger partial charge in [0, 0.05) is 6.54 Å². The van der Waals surface area contributed by atoms with Crippen LogP contribution in [0, 0.1) is 0 Å². The summed E-state index contributed by atoms with van der Waals surface area (Å²) in [4.78, 5) is 0. The number of nitrogens with one attached hydrogen (secondary N) is 2. The van der Waals surface area contributed by atoms with Gasteiger partial charge in [-0.2, -0.15) is 8.78 Å².